The lowest BCUT2D eigenvalue weighted by Crippen LogP contribution is -2.32. The lowest BCUT2D eigenvalue weighted by atomic mass is 10.2. The Morgan fingerprint density at radius 2 is 1.85 bits per heavy atom. The number of pyridine rings is 1. The van der Waals surface area contributed by atoms with Crippen LogP contribution in [-0.4, -0.2) is 22.1 Å². The van der Waals surface area contributed by atoms with Crippen LogP contribution in [0.25, 0.3) is 22.3 Å². The molecule has 4 aromatic rings. The number of hydrogen-bond acceptors (Lipinski definition) is 4. The summed E-state index contributed by atoms with van der Waals surface area (Å²) in [6, 6.07) is 13.7. The molecule has 0 saturated heterocycles. The zero-order valence-corrected chi connectivity index (χ0v) is 14.2. The molecule has 0 aliphatic heterocycles. The highest BCUT2D eigenvalue weighted by Crippen LogP contribution is 2.20. The van der Waals surface area contributed by atoms with E-state index in [0.717, 1.165) is 23.6 Å². The van der Waals surface area contributed by atoms with Crippen LogP contribution >= 0.6 is 0 Å². The number of aromatic nitrogens is 4. The average molecular weight is 348 g/mol. The van der Waals surface area contributed by atoms with Crippen LogP contribution in [0, 0.1) is 0 Å². The fourth-order valence-corrected chi connectivity index (χ4v) is 2.88. The number of rotatable bonds is 4. The van der Waals surface area contributed by atoms with Crippen LogP contribution < -0.4 is 20.6 Å². The Morgan fingerprint density at radius 3 is 2.54 bits per heavy atom. The predicted molar refractivity (Wildman–Crippen MR) is 98.9 cm³/mol. The second kappa shape index (κ2) is 6.36. The first-order valence-corrected chi connectivity index (χ1v) is 8.13. The molecule has 0 unspecified atom stereocenters. The van der Waals surface area contributed by atoms with Gasteiger partial charge in [-0.15, -0.1) is 0 Å². The maximum Gasteiger partial charge on any atom is 0.261 e. The highest BCUT2D eigenvalue weighted by Gasteiger charge is 2.10. The summed E-state index contributed by atoms with van der Waals surface area (Å²) in [5.74, 6) is 0.943. The number of anilines is 1. The van der Waals surface area contributed by atoms with Crippen molar-refractivity contribution >= 4 is 17.0 Å². The molecule has 0 saturated carbocycles. The Kier molecular flexibility index (Phi) is 3.89. The van der Waals surface area contributed by atoms with Gasteiger partial charge in [-0.1, -0.05) is 0 Å². The van der Waals surface area contributed by atoms with Crippen LogP contribution in [0.15, 0.2) is 59.7 Å². The lowest BCUT2D eigenvalue weighted by molar-refractivity contribution is -0.688. The molecule has 130 valence electrons. The van der Waals surface area contributed by atoms with E-state index in [1.54, 1.807) is 13.2 Å². The van der Waals surface area contributed by atoms with E-state index in [0.29, 0.717) is 11.0 Å². The summed E-state index contributed by atoms with van der Waals surface area (Å²) in [5.41, 5.74) is 8.78. The van der Waals surface area contributed by atoms with Gasteiger partial charge in [0.25, 0.3) is 5.56 Å². The molecule has 0 aliphatic rings. The van der Waals surface area contributed by atoms with Crippen molar-refractivity contribution in [1.82, 2.24) is 15.0 Å². The molecular formula is C19H18N5O2+. The molecule has 0 fully saturated rings. The molecule has 4 rings (SSSR count). The number of benzene rings is 1. The number of aromatic amines is 2. The standard InChI is InChI=1S/C19H17N5O2/c1-26-14-4-2-12(3-5-14)11-24-8-6-13(7-9-24)16-10-15-17(21-16)22-19(20)23-18(15)25/h2-10H,11H2,1H3,(H3,20,21,22,23,25)/p+1. The van der Waals surface area contributed by atoms with Gasteiger partial charge in [0.1, 0.15) is 11.4 Å². The highest BCUT2D eigenvalue weighted by molar-refractivity contribution is 5.82. The van der Waals surface area contributed by atoms with Crippen molar-refractivity contribution in [2.24, 2.45) is 0 Å². The fourth-order valence-electron chi connectivity index (χ4n) is 2.88. The smallest absolute Gasteiger partial charge is 0.261 e. The van der Waals surface area contributed by atoms with Crippen LogP contribution in [0.5, 0.6) is 5.75 Å². The summed E-state index contributed by atoms with van der Waals surface area (Å²) in [5, 5.41) is 0.490. The third kappa shape index (κ3) is 3.02. The first kappa shape index (κ1) is 15.9. The third-order valence-corrected chi connectivity index (χ3v) is 4.24. The van der Waals surface area contributed by atoms with Crippen LogP contribution in [-0.2, 0) is 6.54 Å². The van der Waals surface area contributed by atoms with Crippen LogP contribution in [0.3, 0.4) is 0 Å². The molecular weight excluding hydrogens is 330 g/mol. The van der Waals surface area contributed by atoms with E-state index in [1.165, 1.54) is 5.56 Å². The second-order valence-corrected chi connectivity index (χ2v) is 6.00. The molecule has 1 aromatic carbocycles. The fraction of sp³-hybridized carbons (Fsp3) is 0.105. The molecule has 7 nitrogen and oxygen atoms in total. The van der Waals surface area contributed by atoms with Gasteiger partial charge >= 0.3 is 0 Å². The SMILES string of the molecule is COc1ccc(C[n+]2ccc(-c3cc4c(=O)[nH]c(N)nc4[nH]3)cc2)cc1. The molecule has 26 heavy (non-hydrogen) atoms. The minimum Gasteiger partial charge on any atom is -0.497 e. The maximum atomic E-state index is 11.9. The van der Waals surface area contributed by atoms with Crippen molar-refractivity contribution in [3.63, 3.8) is 0 Å². The van der Waals surface area contributed by atoms with E-state index in [9.17, 15) is 4.79 Å². The van der Waals surface area contributed by atoms with E-state index >= 15 is 0 Å². The summed E-state index contributed by atoms with van der Waals surface area (Å²) in [6.45, 7) is 0.759. The number of nitrogens with one attached hydrogen (secondary N) is 2. The number of nitrogens with zero attached hydrogens (tertiary/aromatic N) is 2. The van der Waals surface area contributed by atoms with Gasteiger partial charge in [0.05, 0.1) is 12.5 Å². The van der Waals surface area contributed by atoms with E-state index < -0.39 is 0 Å². The molecule has 0 atom stereocenters. The van der Waals surface area contributed by atoms with Gasteiger partial charge in [-0.3, -0.25) is 9.78 Å². The van der Waals surface area contributed by atoms with Gasteiger partial charge in [-0.25, -0.2) is 4.57 Å². The average Bonchev–Trinajstić information content (AvgIpc) is 3.07. The molecule has 3 aromatic heterocycles. The van der Waals surface area contributed by atoms with Crippen molar-refractivity contribution in [2.75, 3.05) is 12.8 Å². The normalized spacial score (nSPS) is 11.0. The molecule has 0 bridgehead atoms. The van der Waals surface area contributed by atoms with E-state index in [2.05, 4.69) is 19.5 Å². The van der Waals surface area contributed by atoms with Gasteiger partial charge in [-0.05, 0) is 30.3 Å². The Hall–Kier alpha value is -3.61. The molecule has 4 N–H and O–H groups in total. The number of nitrogen functional groups attached to an aromatic ring is 1. The molecule has 0 spiro atoms. The molecule has 3 heterocycles. The Bertz CT molecular complexity index is 1110. The number of H-pyrrole nitrogens is 2. The summed E-state index contributed by atoms with van der Waals surface area (Å²) >= 11 is 0. The van der Waals surface area contributed by atoms with Crippen molar-refractivity contribution in [3.8, 4) is 17.0 Å². The number of ether oxygens (including phenoxy) is 1. The van der Waals surface area contributed by atoms with Crippen LogP contribution in [0.2, 0.25) is 0 Å². The summed E-state index contributed by atoms with van der Waals surface area (Å²) in [7, 11) is 1.66. The molecule has 0 aliphatic carbocycles. The predicted octanol–water partition coefficient (Wildman–Crippen LogP) is 1.84. The monoisotopic (exact) mass is 348 g/mol. The van der Waals surface area contributed by atoms with Crippen molar-refractivity contribution in [2.45, 2.75) is 6.54 Å². The minimum absolute atomic E-state index is 0.0984. The first-order valence-electron chi connectivity index (χ1n) is 8.13. The Labute approximate surface area is 149 Å². The van der Waals surface area contributed by atoms with Gasteiger partial charge < -0.3 is 15.5 Å². The third-order valence-electron chi connectivity index (χ3n) is 4.24. The Balaban J connectivity index is 1.59. The van der Waals surface area contributed by atoms with Crippen LogP contribution in [0.1, 0.15) is 5.56 Å². The highest BCUT2D eigenvalue weighted by atomic mass is 16.5. The minimum atomic E-state index is -0.250. The summed E-state index contributed by atoms with van der Waals surface area (Å²) < 4.78 is 7.26. The quantitative estimate of drug-likeness (QED) is 0.490. The van der Waals surface area contributed by atoms with Crippen molar-refractivity contribution in [1.29, 1.82) is 0 Å². The number of fused-ring (bicyclic) bond motifs is 1. The zero-order chi connectivity index (χ0) is 18.1. The van der Waals surface area contributed by atoms with Gasteiger partial charge in [0.2, 0.25) is 5.95 Å². The summed E-state index contributed by atoms with van der Waals surface area (Å²) in [6.07, 6.45) is 3.99. The van der Waals surface area contributed by atoms with Crippen molar-refractivity contribution < 1.29 is 9.30 Å². The number of nitrogens with two attached hydrogens (primary N) is 1. The second-order valence-electron chi connectivity index (χ2n) is 6.00. The van der Waals surface area contributed by atoms with E-state index in [4.69, 9.17) is 10.5 Å². The summed E-state index contributed by atoms with van der Waals surface area (Å²) in [4.78, 5) is 21.7. The van der Waals surface area contributed by atoms with Gasteiger partial charge in [0.15, 0.2) is 18.9 Å². The maximum absolute atomic E-state index is 11.9. The lowest BCUT2D eigenvalue weighted by Gasteiger charge is -2.02. The van der Waals surface area contributed by atoms with E-state index in [1.807, 2.05) is 48.8 Å². The molecule has 7 heteroatoms. The number of hydrogen-bond donors (Lipinski definition) is 3. The Morgan fingerprint density at radius 1 is 1.12 bits per heavy atom. The molecule has 0 amide bonds. The largest absolute Gasteiger partial charge is 0.497 e. The zero-order valence-electron chi connectivity index (χ0n) is 14.2. The number of methoxy groups -OCH3 is 1. The van der Waals surface area contributed by atoms with E-state index in [-0.39, 0.29) is 11.5 Å². The van der Waals surface area contributed by atoms with Crippen molar-refractivity contribution in [3.05, 3.63) is 70.8 Å². The topological polar surface area (TPSA) is 101 Å². The first-order chi connectivity index (χ1) is 12.6. The van der Waals surface area contributed by atoms with Gasteiger partial charge in [-0.2, -0.15) is 4.98 Å². The van der Waals surface area contributed by atoms with Gasteiger partial charge in [0, 0.05) is 29.0 Å². The van der Waals surface area contributed by atoms with Crippen LogP contribution in [0.4, 0.5) is 5.95 Å². The molecule has 0 radical (unpaired) electrons.